The highest BCUT2D eigenvalue weighted by atomic mass is 32.1. The maximum absolute atomic E-state index is 12.0. The van der Waals surface area contributed by atoms with E-state index in [1.54, 1.807) is 6.92 Å². The number of aliphatic hydroxyl groups is 1. The van der Waals surface area contributed by atoms with Crippen LogP contribution in [0.1, 0.15) is 26.2 Å². The predicted molar refractivity (Wildman–Crippen MR) is 71.6 cm³/mol. The first-order valence-electron chi connectivity index (χ1n) is 5.95. The van der Waals surface area contributed by atoms with Crippen LogP contribution in [0.3, 0.4) is 0 Å². The molecule has 0 radical (unpaired) electrons. The van der Waals surface area contributed by atoms with Crippen molar-refractivity contribution in [2.75, 3.05) is 0 Å². The molecule has 0 amide bonds. The van der Waals surface area contributed by atoms with Gasteiger partial charge in [-0.2, -0.15) is 0 Å². The molecular formula is C13H17NO2S. The van der Waals surface area contributed by atoms with Gasteiger partial charge in [-0.15, -0.1) is 0 Å². The van der Waals surface area contributed by atoms with Crippen LogP contribution < -0.4 is 5.56 Å². The van der Waals surface area contributed by atoms with E-state index in [1.165, 1.54) is 11.5 Å². The Morgan fingerprint density at radius 3 is 2.82 bits per heavy atom. The van der Waals surface area contributed by atoms with E-state index in [1.807, 2.05) is 28.2 Å². The number of aromatic nitrogens is 1. The largest absolute Gasteiger partial charge is 0.393 e. The lowest BCUT2D eigenvalue weighted by Gasteiger charge is -2.03. The fourth-order valence-electron chi connectivity index (χ4n) is 1.86. The zero-order valence-electron chi connectivity index (χ0n) is 9.93. The molecule has 2 aromatic rings. The summed E-state index contributed by atoms with van der Waals surface area (Å²) in [7, 11) is 0. The first kappa shape index (κ1) is 12.3. The molecule has 1 heterocycles. The molecule has 0 aliphatic heterocycles. The zero-order valence-corrected chi connectivity index (χ0v) is 10.7. The van der Waals surface area contributed by atoms with Crippen molar-refractivity contribution < 1.29 is 5.11 Å². The van der Waals surface area contributed by atoms with Crippen molar-refractivity contribution >= 4 is 21.6 Å². The first-order chi connectivity index (χ1) is 8.18. The van der Waals surface area contributed by atoms with Crippen LogP contribution in [-0.2, 0) is 6.54 Å². The molecule has 0 bridgehead atoms. The third kappa shape index (κ3) is 2.96. The lowest BCUT2D eigenvalue weighted by atomic mass is 10.2. The van der Waals surface area contributed by atoms with Gasteiger partial charge in [-0.1, -0.05) is 23.7 Å². The highest BCUT2D eigenvalue weighted by Gasteiger charge is 2.06. The second-order valence-corrected chi connectivity index (χ2v) is 5.40. The van der Waals surface area contributed by atoms with Crippen molar-refractivity contribution in [3.63, 3.8) is 0 Å². The maximum atomic E-state index is 12.0. The minimum atomic E-state index is -0.242. The Bertz CT molecular complexity index is 542. The Balaban J connectivity index is 2.04. The number of rotatable bonds is 5. The number of benzene rings is 1. The molecule has 0 aliphatic carbocycles. The van der Waals surface area contributed by atoms with E-state index in [0.29, 0.717) is 0 Å². The molecule has 0 aliphatic rings. The van der Waals surface area contributed by atoms with Gasteiger partial charge >= 0.3 is 0 Å². The van der Waals surface area contributed by atoms with Crippen LogP contribution in [0.15, 0.2) is 29.1 Å². The molecule has 2 rings (SSSR count). The number of fused-ring (bicyclic) bond motifs is 1. The topological polar surface area (TPSA) is 42.2 Å². The van der Waals surface area contributed by atoms with E-state index >= 15 is 0 Å². The summed E-state index contributed by atoms with van der Waals surface area (Å²) >= 11 is 1.52. The fraction of sp³-hybridized carbons (Fsp3) is 0.462. The van der Waals surface area contributed by atoms with E-state index in [9.17, 15) is 4.79 Å². The summed E-state index contributed by atoms with van der Waals surface area (Å²) in [6.45, 7) is 2.55. The summed E-state index contributed by atoms with van der Waals surface area (Å²) in [5, 5.41) is 9.97. The Kier molecular flexibility index (Phi) is 3.97. The molecule has 3 nitrogen and oxygen atoms in total. The highest BCUT2D eigenvalue weighted by molar-refractivity contribution is 7.13. The molecule has 1 atom stereocenters. The maximum Gasteiger partial charge on any atom is 0.268 e. The molecule has 92 valence electrons. The minimum absolute atomic E-state index is 0.114. The summed E-state index contributed by atoms with van der Waals surface area (Å²) in [5.74, 6) is 0. The summed E-state index contributed by atoms with van der Waals surface area (Å²) in [5.41, 5.74) is 0.114. The number of hydrogen-bond acceptors (Lipinski definition) is 3. The van der Waals surface area contributed by atoms with Gasteiger partial charge in [0.1, 0.15) is 0 Å². The molecular weight excluding hydrogens is 234 g/mol. The summed E-state index contributed by atoms with van der Waals surface area (Å²) < 4.78 is 2.86. The van der Waals surface area contributed by atoms with Crippen molar-refractivity contribution in [1.29, 1.82) is 0 Å². The van der Waals surface area contributed by atoms with E-state index in [2.05, 4.69) is 0 Å². The van der Waals surface area contributed by atoms with Gasteiger partial charge in [-0.25, -0.2) is 0 Å². The van der Waals surface area contributed by atoms with Crippen molar-refractivity contribution in [1.82, 2.24) is 3.96 Å². The third-order valence-electron chi connectivity index (χ3n) is 2.79. The van der Waals surface area contributed by atoms with E-state index in [0.717, 1.165) is 35.9 Å². The monoisotopic (exact) mass is 251 g/mol. The van der Waals surface area contributed by atoms with Gasteiger partial charge < -0.3 is 5.11 Å². The molecule has 0 saturated heterocycles. The molecule has 0 fully saturated rings. The Morgan fingerprint density at radius 2 is 2.12 bits per heavy atom. The molecule has 1 unspecified atom stereocenters. The smallest absolute Gasteiger partial charge is 0.268 e. The molecule has 1 aromatic carbocycles. The standard InChI is InChI=1S/C13H17NO2S/c1-10(15)6-4-5-9-14-13(16)11-7-2-3-8-12(11)17-14/h2-3,7-8,10,15H,4-6,9H2,1H3. The quantitative estimate of drug-likeness (QED) is 0.830. The predicted octanol–water partition coefficient (Wildman–Crippen LogP) is 2.61. The second kappa shape index (κ2) is 5.47. The van der Waals surface area contributed by atoms with Crippen molar-refractivity contribution in [2.24, 2.45) is 0 Å². The SMILES string of the molecule is CC(O)CCCCn1sc2ccccc2c1=O. The van der Waals surface area contributed by atoms with Gasteiger partial charge in [0, 0.05) is 6.54 Å². The van der Waals surface area contributed by atoms with Crippen LogP contribution >= 0.6 is 11.5 Å². The Labute approximate surface area is 104 Å². The number of hydrogen-bond donors (Lipinski definition) is 1. The first-order valence-corrected chi connectivity index (χ1v) is 6.73. The van der Waals surface area contributed by atoms with Crippen LogP contribution in [0.25, 0.3) is 10.1 Å². The number of unbranched alkanes of at least 4 members (excludes halogenated alkanes) is 1. The normalized spacial score (nSPS) is 13.1. The second-order valence-electron chi connectivity index (χ2n) is 4.34. The average Bonchev–Trinajstić information content (AvgIpc) is 2.63. The van der Waals surface area contributed by atoms with E-state index in [4.69, 9.17) is 5.11 Å². The molecule has 0 saturated carbocycles. The molecule has 1 aromatic heterocycles. The highest BCUT2D eigenvalue weighted by Crippen LogP contribution is 2.16. The minimum Gasteiger partial charge on any atom is -0.393 e. The van der Waals surface area contributed by atoms with Gasteiger partial charge in [0.2, 0.25) is 0 Å². The molecule has 4 heteroatoms. The van der Waals surface area contributed by atoms with Crippen LogP contribution in [0.5, 0.6) is 0 Å². The van der Waals surface area contributed by atoms with Crippen LogP contribution in [0, 0.1) is 0 Å². The number of aliphatic hydroxyl groups excluding tert-OH is 1. The summed E-state index contributed by atoms with van der Waals surface area (Å²) in [6, 6.07) is 7.71. The molecule has 17 heavy (non-hydrogen) atoms. The molecule has 1 N–H and O–H groups in total. The Hall–Kier alpha value is -1.13. The number of aryl methyl sites for hydroxylation is 1. The van der Waals surface area contributed by atoms with Crippen LogP contribution in [0.4, 0.5) is 0 Å². The van der Waals surface area contributed by atoms with Crippen molar-refractivity contribution in [3.05, 3.63) is 34.6 Å². The fourth-order valence-corrected chi connectivity index (χ4v) is 2.89. The van der Waals surface area contributed by atoms with Gasteiger partial charge in [-0.05, 0) is 38.3 Å². The lowest BCUT2D eigenvalue weighted by Crippen LogP contribution is -2.13. The molecule has 0 spiro atoms. The van der Waals surface area contributed by atoms with Crippen molar-refractivity contribution in [2.45, 2.75) is 38.8 Å². The van der Waals surface area contributed by atoms with Crippen LogP contribution in [0.2, 0.25) is 0 Å². The summed E-state index contributed by atoms with van der Waals surface area (Å²) in [4.78, 5) is 12.0. The van der Waals surface area contributed by atoms with Gasteiger partial charge in [0.15, 0.2) is 0 Å². The van der Waals surface area contributed by atoms with E-state index in [-0.39, 0.29) is 11.7 Å². The zero-order chi connectivity index (χ0) is 12.3. The number of nitrogens with zero attached hydrogens (tertiary/aromatic N) is 1. The third-order valence-corrected chi connectivity index (χ3v) is 3.91. The van der Waals surface area contributed by atoms with E-state index < -0.39 is 0 Å². The van der Waals surface area contributed by atoms with Crippen LogP contribution in [-0.4, -0.2) is 15.2 Å². The van der Waals surface area contributed by atoms with Gasteiger partial charge in [0.25, 0.3) is 5.56 Å². The summed E-state index contributed by atoms with van der Waals surface area (Å²) in [6.07, 6.45) is 2.46. The van der Waals surface area contributed by atoms with Gasteiger partial charge in [-0.3, -0.25) is 8.75 Å². The van der Waals surface area contributed by atoms with Crippen molar-refractivity contribution in [3.8, 4) is 0 Å². The Morgan fingerprint density at radius 1 is 1.35 bits per heavy atom. The average molecular weight is 251 g/mol. The van der Waals surface area contributed by atoms with Gasteiger partial charge in [0.05, 0.1) is 16.2 Å². The lowest BCUT2D eigenvalue weighted by molar-refractivity contribution is 0.180.